The summed E-state index contributed by atoms with van der Waals surface area (Å²) in [5, 5.41) is 3.64. The highest BCUT2D eigenvalue weighted by atomic mass is 16.3. The zero-order chi connectivity index (χ0) is 14.1. The lowest BCUT2D eigenvalue weighted by atomic mass is 9.89. The largest absolute Gasteiger partial charge is 0.469 e. The molecule has 1 heterocycles. The van der Waals surface area contributed by atoms with Crippen molar-refractivity contribution in [1.29, 1.82) is 0 Å². The van der Waals surface area contributed by atoms with E-state index in [1.54, 1.807) is 0 Å². The van der Waals surface area contributed by atoms with Crippen LogP contribution in [0, 0.1) is 5.92 Å². The smallest absolute Gasteiger partial charge is 0.108 e. The van der Waals surface area contributed by atoms with Gasteiger partial charge in [-0.1, -0.05) is 53.4 Å². The second-order valence-corrected chi connectivity index (χ2v) is 5.42. The highest BCUT2D eigenvalue weighted by Crippen LogP contribution is 2.29. The Bertz CT molecular complexity index is 332. The first-order valence-corrected chi connectivity index (χ1v) is 8.06. The Balaban J connectivity index is 2.70. The van der Waals surface area contributed by atoms with E-state index in [1.165, 1.54) is 37.7 Å². The molecule has 0 spiro atoms. The highest BCUT2D eigenvalue weighted by molar-refractivity contribution is 5.21. The van der Waals surface area contributed by atoms with Crippen molar-refractivity contribution in [3.63, 3.8) is 0 Å². The molecule has 1 N–H and O–H groups in total. The van der Waals surface area contributed by atoms with Gasteiger partial charge in [-0.25, -0.2) is 0 Å². The van der Waals surface area contributed by atoms with Gasteiger partial charge in [-0.2, -0.15) is 0 Å². The molecule has 0 fully saturated rings. The van der Waals surface area contributed by atoms with Crippen molar-refractivity contribution in [3.8, 4) is 0 Å². The SMILES string of the molecule is CCCCC(CC)CC(NCC)c1ccoc1CC. The predicted molar refractivity (Wildman–Crippen MR) is 82.4 cm³/mol. The molecule has 0 aliphatic carbocycles. The van der Waals surface area contributed by atoms with Gasteiger partial charge in [-0.3, -0.25) is 0 Å². The van der Waals surface area contributed by atoms with Crippen molar-refractivity contribution >= 4 is 0 Å². The number of furan rings is 1. The van der Waals surface area contributed by atoms with Gasteiger partial charge in [-0.15, -0.1) is 0 Å². The normalized spacial score (nSPS) is 14.5. The molecule has 2 nitrogen and oxygen atoms in total. The van der Waals surface area contributed by atoms with E-state index in [1.807, 2.05) is 6.26 Å². The molecule has 0 aliphatic rings. The fourth-order valence-electron chi connectivity index (χ4n) is 2.83. The van der Waals surface area contributed by atoms with Gasteiger partial charge in [0.2, 0.25) is 0 Å². The molecule has 1 rings (SSSR count). The van der Waals surface area contributed by atoms with Gasteiger partial charge in [0.1, 0.15) is 5.76 Å². The van der Waals surface area contributed by atoms with Gasteiger partial charge in [-0.05, 0) is 24.9 Å². The summed E-state index contributed by atoms with van der Waals surface area (Å²) < 4.78 is 5.60. The van der Waals surface area contributed by atoms with Crippen molar-refractivity contribution in [1.82, 2.24) is 5.32 Å². The first kappa shape index (κ1) is 16.3. The number of unbranched alkanes of at least 4 members (excludes halogenated alkanes) is 1. The van der Waals surface area contributed by atoms with Crippen molar-refractivity contribution < 1.29 is 4.42 Å². The predicted octanol–water partition coefficient (Wildman–Crippen LogP) is 5.10. The molecule has 0 bridgehead atoms. The summed E-state index contributed by atoms with van der Waals surface area (Å²) in [5.74, 6) is 1.97. The van der Waals surface area contributed by atoms with E-state index >= 15 is 0 Å². The van der Waals surface area contributed by atoms with Gasteiger partial charge in [0.25, 0.3) is 0 Å². The molecule has 0 amide bonds. The van der Waals surface area contributed by atoms with Crippen LogP contribution in [0.5, 0.6) is 0 Å². The molecule has 0 aliphatic heterocycles. The maximum Gasteiger partial charge on any atom is 0.108 e. The van der Waals surface area contributed by atoms with Crippen LogP contribution in [-0.2, 0) is 6.42 Å². The third-order valence-electron chi connectivity index (χ3n) is 4.04. The molecule has 0 saturated heterocycles. The molecule has 0 radical (unpaired) electrons. The monoisotopic (exact) mass is 265 g/mol. The summed E-state index contributed by atoms with van der Waals surface area (Å²) in [5.41, 5.74) is 1.37. The minimum absolute atomic E-state index is 0.459. The van der Waals surface area contributed by atoms with Crippen LogP contribution in [-0.4, -0.2) is 6.54 Å². The van der Waals surface area contributed by atoms with Crippen LogP contribution in [0.25, 0.3) is 0 Å². The first-order valence-electron chi connectivity index (χ1n) is 8.06. The quantitative estimate of drug-likeness (QED) is 0.636. The van der Waals surface area contributed by atoms with Crippen molar-refractivity contribution in [2.24, 2.45) is 5.92 Å². The maximum absolute atomic E-state index is 5.60. The number of nitrogens with one attached hydrogen (secondary N) is 1. The third kappa shape index (κ3) is 5.02. The first-order chi connectivity index (χ1) is 9.26. The standard InChI is InChI=1S/C17H31NO/c1-5-9-10-14(6-2)13-16(18-8-4)15-11-12-19-17(15)7-3/h11-12,14,16,18H,5-10,13H2,1-4H3. The molecule has 2 heteroatoms. The average molecular weight is 265 g/mol. The summed E-state index contributed by atoms with van der Waals surface area (Å²) in [4.78, 5) is 0. The highest BCUT2D eigenvalue weighted by Gasteiger charge is 2.19. The van der Waals surface area contributed by atoms with E-state index in [2.05, 4.69) is 39.1 Å². The van der Waals surface area contributed by atoms with Crippen LogP contribution in [0.4, 0.5) is 0 Å². The molecule has 2 unspecified atom stereocenters. The van der Waals surface area contributed by atoms with E-state index in [9.17, 15) is 0 Å². The number of rotatable bonds is 10. The van der Waals surface area contributed by atoms with Gasteiger partial charge < -0.3 is 9.73 Å². The van der Waals surface area contributed by atoms with Crippen molar-refractivity contribution in [2.75, 3.05) is 6.54 Å². The van der Waals surface area contributed by atoms with Gasteiger partial charge in [0, 0.05) is 18.0 Å². The Morgan fingerprint density at radius 1 is 1.21 bits per heavy atom. The lowest BCUT2D eigenvalue weighted by Crippen LogP contribution is -2.24. The van der Waals surface area contributed by atoms with E-state index < -0.39 is 0 Å². The minimum Gasteiger partial charge on any atom is -0.469 e. The summed E-state index contributed by atoms with van der Waals surface area (Å²) in [7, 11) is 0. The Morgan fingerprint density at radius 3 is 2.58 bits per heavy atom. The van der Waals surface area contributed by atoms with Crippen molar-refractivity contribution in [3.05, 3.63) is 23.7 Å². The molecule has 2 atom stereocenters. The second kappa shape index (κ2) is 9.19. The van der Waals surface area contributed by atoms with Crippen LogP contribution in [0.3, 0.4) is 0 Å². The molecular formula is C17H31NO. The Morgan fingerprint density at radius 2 is 2.00 bits per heavy atom. The minimum atomic E-state index is 0.459. The molecule has 19 heavy (non-hydrogen) atoms. The molecule has 1 aromatic rings. The van der Waals surface area contributed by atoms with Crippen LogP contribution in [0.1, 0.15) is 77.2 Å². The zero-order valence-electron chi connectivity index (χ0n) is 13.2. The average Bonchev–Trinajstić information content (AvgIpc) is 2.90. The van der Waals surface area contributed by atoms with Crippen LogP contribution < -0.4 is 5.32 Å². The third-order valence-corrected chi connectivity index (χ3v) is 4.04. The van der Waals surface area contributed by atoms with E-state index in [0.717, 1.165) is 24.6 Å². The lowest BCUT2D eigenvalue weighted by Gasteiger charge is -2.23. The van der Waals surface area contributed by atoms with Gasteiger partial charge >= 0.3 is 0 Å². The van der Waals surface area contributed by atoms with E-state index in [0.29, 0.717) is 6.04 Å². The van der Waals surface area contributed by atoms with Crippen LogP contribution in [0.15, 0.2) is 16.7 Å². The maximum atomic E-state index is 5.60. The van der Waals surface area contributed by atoms with Crippen LogP contribution >= 0.6 is 0 Å². The zero-order valence-corrected chi connectivity index (χ0v) is 13.2. The second-order valence-electron chi connectivity index (χ2n) is 5.42. The molecule has 0 aromatic carbocycles. The van der Waals surface area contributed by atoms with Crippen LogP contribution in [0.2, 0.25) is 0 Å². The molecular weight excluding hydrogens is 234 g/mol. The Hall–Kier alpha value is -0.760. The fraction of sp³-hybridized carbons (Fsp3) is 0.765. The Labute approximate surface area is 119 Å². The van der Waals surface area contributed by atoms with Crippen molar-refractivity contribution in [2.45, 2.75) is 72.3 Å². The number of hydrogen-bond acceptors (Lipinski definition) is 2. The summed E-state index contributed by atoms with van der Waals surface area (Å²) in [6.45, 7) is 9.97. The lowest BCUT2D eigenvalue weighted by molar-refractivity contribution is 0.353. The van der Waals surface area contributed by atoms with E-state index in [4.69, 9.17) is 4.42 Å². The molecule has 0 saturated carbocycles. The number of hydrogen-bond donors (Lipinski definition) is 1. The molecule has 110 valence electrons. The number of aryl methyl sites for hydroxylation is 1. The molecule has 1 aromatic heterocycles. The Kier molecular flexibility index (Phi) is 7.88. The summed E-state index contributed by atoms with van der Waals surface area (Å²) >= 11 is 0. The fourth-order valence-corrected chi connectivity index (χ4v) is 2.83. The topological polar surface area (TPSA) is 25.2 Å². The summed E-state index contributed by atoms with van der Waals surface area (Å²) in [6.07, 6.45) is 9.34. The van der Waals surface area contributed by atoms with E-state index in [-0.39, 0.29) is 0 Å². The summed E-state index contributed by atoms with van der Waals surface area (Å²) in [6, 6.07) is 2.61. The van der Waals surface area contributed by atoms with Gasteiger partial charge in [0.15, 0.2) is 0 Å². The van der Waals surface area contributed by atoms with Gasteiger partial charge in [0.05, 0.1) is 6.26 Å².